The van der Waals surface area contributed by atoms with E-state index in [4.69, 9.17) is 28.3 Å². The van der Waals surface area contributed by atoms with Gasteiger partial charge in [0.05, 0.1) is 6.61 Å². The summed E-state index contributed by atoms with van der Waals surface area (Å²) in [6, 6.07) is 0. The first-order valence-electron chi connectivity index (χ1n) is 3.97. The van der Waals surface area contributed by atoms with Crippen LogP contribution in [0, 0.1) is 5.41 Å². The summed E-state index contributed by atoms with van der Waals surface area (Å²) in [5.41, 5.74) is -0.237. The third-order valence-electron chi connectivity index (χ3n) is 1.96. The van der Waals surface area contributed by atoms with Gasteiger partial charge in [-0.15, -0.1) is 23.2 Å². The van der Waals surface area contributed by atoms with E-state index in [1.165, 1.54) is 0 Å². The van der Waals surface area contributed by atoms with E-state index in [1.807, 2.05) is 0 Å². The highest BCUT2D eigenvalue weighted by atomic mass is 35.5. The van der Waals surface area contributed by atoms with Crippen LogP contribution in [0.25, 0.3) is 0 Å². The topological polar surface area (TPSA) is 20.2 Å². The highest BCUT2D eigenvalue weighted by Crippen LogP contribution is 2.27. The van der Waals surface area contributed by atoms with E-state index in [0.717, 1.165) is 19.3 Å². The van der Waals surface area contributed by atoms with Crippen molar-refractivity contribution in [2.24, 2.45) is 5.41 Å². The van der Waals surface area contributed by atoms with Crippen LogP contribution in [-0.2, 0) is 0 Å². The normalized spacial score (nSPS) is 12.0. The molecule has 0 atom stereocenters. The van der Waals surface area contributed by atoms with Crippen molar-refractivity contribution in [1.82, 2.24) is 0 Å². The Kier molecular flexibility index (Phi) is 6.40. The van der Waals surface area contributed by atoms with Crippen LogP contribution in [0.2, 0.25) is 0 Å². The Bertz CT molecular complexity index is 83.8. The molecule has 0 amide bonds. The van der Waals surface area contributed by atoms with Crippen LogP contribution in [0.5, 0.6) is 0 Å². The molecule has 1 N–H and O–H groups in total. The summed E-state index contributed by atoms with van der Waals surface area (Å²) in [6.45, 7) is 2.21. The van der Waals surface area contributed by atoms with Crippen molar-refractivity contribution in [3.63, 3.8) is 0 Å². The van der Waals surface area contributed by atoms with Crippen LogP contribution in [0.3, 0.4) is 0 Å². The van der Waals surface area contributed by atoms with Gasteiger partial charge in [-0.3, -0.25) is 0 Å². The van der Waals surface area contributed by atoms with Crippen molar-refractivity contribution in [1.29, 1.82) is 0 Å². The lowest BCUT2D eigenvalue weighted by Crippen LogP contribution is -2.29. The Morgan fingerprint density at radius 2 is 1.82 bits per heavy atom. The number of unbranched alkanes of at least 4 members (excludes halogenated alkanes) is 1. The van der Waals surface area contributed by atoms with Crippen molar-refractivity contribution in [3.8, 4) is 0 Å². The van der Waals surface area contributed by atoms with Gasteiger partial charge in [0.1, 0.15) is 0 Å². The molecule has 0 unspecified atom stereocenters. The summed E-state index contributed by atoms with van der Waals surface area (Å²) in [4.78, 5) is 0. The number of alkyl halides is 2. The van der Waals surface area contributed by atoms with Gasteiger partial charge in [0.25, 0.3) is 0 Å². The first-order chi connectivity index (χ1) is 5.24. The van der Waals surface area contributed by atoms with Gasteiger partial charge in [-0.05, 0) is 6.42 Å². The standard InChI is InChI=1S/C8H16Cl2O/c1-2-3-4-8(5-9,6-10)7-11/h11H,2-7H2,1H3. The largest absolute Gasteiger partial charge is 0.396 e. The van der Waals surface area contributed by atoms with E-state index in [1.54, 1.807) is 0 Å². The Morgan fingerprint density at radius 3 is 2.09 bits per heavy atom. The lowest BCUT2D eigenvalue weighted by molar-refractivity contribution is 0.154. The zero-order valence-corrected chi connectivity index (χ0v) is 8.46. The number of aliphatic hydroxyl groups excluding tert-OH is 1. The Balaban J connectivity index is 3.84. The zero-order valence-electron chi connectivity index (χ0n) is 6.95. The number of hydrogen-bond donors (Lipinski definition) is 1. The maximum Gasteiger partial charge on any atom is 0.0510 e. The molecule has 0 radical (unpaired) electrons. The summed E-state index contributed by atoms with van der Waals surface area (Å²) in [5.74, 6) is 0.903. The van der Waals surface area contributed by atoms with Crippen LogP contribution in [0.1, 0.15) is 26.2 Å². The summed E-state index contributed by atoms with van der Waals surface area (Å²) < 4.78 is 0. The molecule has 0 aromatic rings. The lowest BCUT2D eigenvalue weighted by atomic mass is 9.88. The monoisotopic (exact) mass is 198 g/mol. The van der Waals surface area contributed by atoms with Gasteiger partial charge in [-0.1, -0.05) is 19.8 Å². The van der Waals surface area contributed by atoms with Gasteiger partial charge >= 0.3 is 0 Å². The quantitative estimate of drug-likeness (QED) is 0.652. The molecule has 0 bridgehead atoms. The van der Waals surface area contributed by atoms with E-state index < -0.39 is 0 Å². The molecule has 0 spiro atoms. The Morgan fingerprint density at radius 1 is 1.27 bits per heavy atom. The Labute approximate surface area is 78.7 Å². The van der Waals surface area contributed by atoms with E-state index in [2.05, 4.69) is 6.92 Å². The SMILES string of the molecule is CCCCC(CO)(CCl)CCl. The number of rotatable bonds is 6. The summed E-state index contributed by atoms with van der Waals surface area (Å²) in [7, 11) is 0. The fraction of sp³-hybridized carbons (Fsp3) is 1.00. The fourth-order valence-corrected chi connectivity index (χ4v) is 1.61. The van der Waals surface area contributed by atoms with Crippen molar-refractivity contribution in [3.05, 3.63) is 0 Å². The summed E-state index contributed by atoms with van der Waals surface area (Å²) in [6.07, 6.45) is 3.13. The predicted octanol–water partition coefficient (Wildman–Crippen LogP) is 2.63. The minimum absolute atomic E-state index is 0.0972. The molecule has 0 aromatic heterocycles. The molecule has 0 heterocycles. The molecule has 0 aliphatic rings. The molecule has 0 aliphatic carbocycles. The number of halogens is 2. The smallest absolute Gasteiger partial charge is 0.0510 e. The second-order valence-corrected chi connectivity index (χ2v) is 3.56. The minimum atomic E-state index is -0.237. The molecule has 68 valence electrons. The average molecular weight is 199 g/mol. The zero-order chi connectivity index (χ0) is 8.74. The first kappa shape index (κ1) is 11.5. The van der Waals surface area contributed by atoms with Gasteiger partial charge in [0.15, 0.2) is 0 Å². The predicted molar refractivity (Wildman–Crippen MR) is 50.5 cm³/mol. The molecule has 0 fully saturated rings. The fourth-order valence-electron chi connectivity index (χ4n) is 0.885. The number of aliphatic hydroxyl groups is 1. The molecule has 0 aromatic carbocycles. The van der Waals surface area contributed by atoms with Crippen LogP contribution in [0.15, 0.2) is 0 Å². The average Bonchev–Trinajstić information content (AvgIpc) is 2.08. The van der Waals surface area contributed by atoms with Gasteiger partial charge in [-0.2, -0.15) is 0 Å². The summed E-state index contributed by atoms with van der Waals surface area (Å²) >= 11 is 11.4. The minimum Gasteiger partial charge on any atom is -0.396 e. The maximum atomic E-state index is 9.03. The van der Waals surface area contributed by atoms with Gasteiger partial charge in [-0.25, -0.2) is 0 Å². The third-order valence-corrected chi connectivity index (χ3v) is 3.10. The van der Waals surface area contributed by atoms with E-state index in [9.17, 15) is 0 Å². The van der Waals surface area contributed by atoms with E-state index in [-0.39, 0.29) is 12.0 Å². The van der Waals surface area contributed by atoms with Crippen LogP contribution in [-0.4, -0.2) is 23.5 Å². The van der Waals surface area contributed by atoms with Crippen molar-refractivity contribution >= 4 is 23.2 Å². The lowest BCUT2D eigenvalue weighted by Gasteiger charge is -2.26. The van der Waals surface area contributed by atoms with Crippen LogP contribution in [0.4, 0.5) is 0 Å². The van der Waals surface area contributed by atoms with Gasteiger partial charge in [0.2, 0.25) is 0 Å². The maximum absolute atomic E-state index is 9.03. The van der Waals surface area contributed by atoms with Crippen molar-refractivity contribution in [2.45, 2.75) is 26.2 Å². The van der Waals surface area contributed by atoms with E-state index in [0.29, 0.717) is 11.8 Å². The van der Waals surface area contributed by atoms with Crippen LogP contribution < -0.4 is 0 Å². The highest BCUT2D eigenvalue weighted by Gasteiger charge is 2.26. The molecular weight excluding hydrogens is 183 g/mol. The second kappa shape index (κ2) is 6.10. The van der Waals surface area contributed by atoms with E-state index >= 15 is 0 Å². The molecule has 11 heavy (non-hydrogen) atoms. The molecular formula is C8H16Cl2O. The van der Waals surface area contributed by atoms with Crippen LogP contribution >= 0.6 is 23.2 Å². The third kappa shape index (κ3) is 3.64. The molecule has 3 heteroatoms. The molecule has 0 rings (SSSR count). The van der Waals surface area contributed by atoms with Gasteiger partial charge in [0, 0.05) is 17.2 Å². The Hall–Kier alpha value is 0.540. The molecule has 0 saturated carbocycles. The van der Waals surface area contributed by atoms with Crippen molar-refractivity contribution < 1.29 is 5.11 Å². The number of hydrogen-bond acceptors (Lipinski definition) is 1. The van der Waals surface area contributed by atoms with Gasteiger partial charge < -0.3 is 5.11 Å². The van der Waals surface area contributed by atoms with Crippen molar-refractivity contribution in [2.75, 3.05) is 18.4 Å². The summed E-state index contributed by atoms with van der Waals surface area (Å²) in [5, 5.41) is 9.03. The first-order valence-corrected chi connectivity index (χ1v) is 5.04. The molecule has 1 nitrogen and oxygen atoms in total. The second-order valence-electron chi connectivity index (χ2n) is 3.03. The molecule has 0 saturated heterocycles. The molecule has 0 aliphatic heterocycles. The highest BCUT2D eigenvalue weighted by molar-refractivity contribution is 6.21.